The first-order chi connectivity index (χ1) is 15.6. The summed E-state index contributed by atoms with van der Waals surface area (Å²) < 4.78 is 76.7. The summed E-state index contributed by atoms with van der Waals surface area (Å²) in [7, 11) is -32.7. The van der Waals surface area contributed by atoms with Gasteiger partial charge in [0.15, 0.2) is 0 Å². The Morgan fingerprint density at radius 3 is 0.200 bits per heavy atom. The average molecular weight is 882 g/mol. The second kappa shape index (κ2) is 77.0. The topological polar surface area (TPSA) is 569 Å². The summed E-state index contributed by atoms with van der Waals surface area (Å²) in [6, 6.07) is 0. The molecule has 0 spiro atoms. The van der Waals surface area contributed by atoms with Crippen LogP contribution in [0.25, 0.3) is 0 Å². The Balaban J connectivity index is -0.0000000184. The molecule has 0 saturated carbocycles. The molecule has 0 aromatic rings. The monoisotopic (exact) mass is 881 g/mol. The van der Waals surface area contributed by atoms with Crippen LogP contribution in [0.2, 0.25) is 0 Å². The molecule has 226 valence electrons. The van der Waals surface area contributed by atoms with Crippen LogP contribution < -0.4 is 86.3 Å². The molecule has 40 heteroatoms. The summed E-state index contributed by atoms with van der Waals surface area (Å²) in [4.78, 5) is 153. The van der Waals surface area contributed by atoms with Crippen molar-refractivity contribution in [3.63, 3.8) is 0 Å². The van der Waals surface area contributed by atoms with Crippen molar-refractivity contribution in [3.05, 3.63) is 0 Å². The van der Waals surface area contributed by atoms with Crippen LogP contribution in [-0.4, -0.2) is 82.5 Å². The number of hydrogen-bond donors (Lipinski definition) is 0. The van der Waals surface area contributed by atoms with Gasteiger partial charge in [-0.3, -0.25) is 0 Å². The standard InChI is InChI=1S/9O3Si.2Ti.2V/c9*1-4(2)3;;;;/q9*-2;2*+4;;. The van der Waals surface area contributed by atoms with E-state index >= 15 is 0 Å². The van der Waals surface area contributed by atoms with E-state index in [4.69, 9.17) is 126 Å². The van der Waals surface area contributed by atoms with Crippen molar-refractivity contribution in [1.29, 1.82) is 0 Å². The van der Waals surface area contributed by atoms with Crippen molar-refractivity contribution < 1.29 is 207 Å². The van der Waals surface area contributed by atoms with E-state index in [0.717, 1.165) is 0 Å². The van der Waals surface area contributed by atoms with Crippen molar-refractivity contribution in [1.82, 2.24) is 0 Å². The molecule has 0 bridgehead atoms. The van der Waals surface area contributed by atoms with E-state index in [1.54, 1.807) is 0 Å². The average Bonchev–Trinajstić information content (AvgIpc) is 2.39. The van der Waals surface area contributed by atoms with Gasteiger partial charge in [0.1, 0.15) is 0 Å². The molecule has 0 fully saturated rings. The van der Waals surface area contributed by atoms with Gasteiger partial charge in [-0.05, 0) is 0 Å². The molecule has 27 nitrogen and oxygen atoms in total. The fraction of sp³-hybridized carbons (Fsp3) is 0. The van der Waals surface area contributed by atoms with Crippen LogP contribution in [0, 0.1) is 0 Å². The normalized spacial score (nSPS) is 5.40. The molecular weight excluding hydrogens is 882 g/mol. The molecule has 0 aliphatic carbocycles. The van der Waals surface area contributed by atoms with Crippen LogP contribution in [-0.2, 0) is 121 Å². The molecule has 0 saturated heterocycles. The minimum atomic E-state index is -3.63. The fourth-order valence-electron chi connectivity index (χ4n) is 0. The first kappa shape index (κ1) is 83.3. The van der Waals surface area contributed by atoms with Gasteiger partial charge in [-0.15, -0.1) is 0 Å². The van der Waals surface area contributed by atoms with Crippen molar-refractivity contribution in [2.45, 2.75) is 0 Å². The predicted molar refractivity (Wildman–Crippen MR) is 58.0 cm³/mol. The van der Waals surface area contributed by atoms with Gasteiger partial charge in [0.25, 0.3) is 0 Å². The summed E-state index contributed by atoms with van der Waals surface area (Å²) in [6.07, 6.45) is 0. The third-order valence-corrected chi connectivity index (χ3v) is 0. The summed E-state index contributed by atoms with van der Waals surface area (Å²) in [5, 5.41) is 0. The van der Waals surface area contributed by atoms with Crippen LogP contribution in [0.3, 0.4) is 0 Å². The zero-order chi connectivity index (χ0) is 32.2. The first-order valence-electron chi connectivity index (χ1n) is 5.51. The Bertz CT molecular complexity index is 430. The van der Waals surface area contributed by atoms with Crippen molar-refractivity contribution >= 4 is 82.5 Å². The maximum atomic E-state index is 8.52. The molecule has 0 rings (SSSR count). The zero-order valence-corrected chi connectivity index (χ0v) is 32.3. The molecular formula is O27Si9Ti2V2-10. The SMILES string of the molecule is O=[Si]([O-])[O-].O=[Si]([O-])[O-].O=[Si]([O-])[O-].O=[Si]([O-])[O-].O=[Si]([O-])[O-].O=[Si]([O-])[O-].O=[Si]([O-])[O-].O=[Si]([O-])[O-].O=[Si]([O-])[O-].[Ti+4].[Ti+4].[V].[V]. The van der Waals surface area contributed by atoms with E-state index in [-0.39, 0.29) is 80.5 Å². The Morgan fingerprint density at radius 1 is 0.200 bits per heavy atom. The van der Waals surface area contributed by atoms with Crippen LogP contribution in [0.15, 0.2) is 0 Å². The van der Waals surface area contributed by atoms with Crippen LogP contribution in [0.1, 0.15) is 0 Å². The maximum absolute atomic E-state index is 8.52. The molecule has 0 N–H and O–H groups in total. The minimum Gasteiger partial charge on any atom is -0.672 e. The molecule has 0 aromatic heterocycles. The van der Waals surface area contributed by atoms with Crippen LogP contribution in [0.5, 0.6) is 0 Å². The van der Waals surface area contributed by atoms with E-state index in [0.29, 0.717) is 0 Å². The summed E-state index contributed by atoms with van der Waals surface area (Å²) in [6.45, 7) is 0. The third-order valence-electron chi connectivity index (χ3n) is 0. The van der Waals surface area contributed by atoms with E-state index in [2.05, 4.69) is 0 Å². The molecule has 0 aliphatic heterocycles. The number of hydrogen-bond acceptors (Lipinski definition) is 27. The van der Waals surface area contributed by atoms with Gasteiger partial charge >= 0.3 is 43.4 Å². The van der Waals surface area contributed by atoms with E-state index in [9.17, 15) is 0 Å². The van der Waals surface area contributed by atoms with Crippen molar-refractivity contribution in [2.24, 2.45) is 0 Å². The zero-order valence-electron chi connectivity index (χ0n) is 17.4. The smallest absolute Gasteiger partial charge is 0.672 e. The van der Waals surface area contributed by atoms with Gasteiger partial charge in [-0.1, -0.05) is 0 Å². The minimum absolute atomic E-state index is 0. The summed E-state index contributed by atoms with van der Waals surface area (Å²) in [5.41, 5.74) is 0. The molecule has 0 atom stereocenters. The maximum Gasteiger partial charge on any atom is 4.00 e. The van der Waals surface area contributed by atoms with E-state index in [1.165, 1.54) is 0 Å². The van der Waals surface area contributed by atoms with Gasteiger partial charge in [-0.25, -0.2) is 0 Å². The van der Waals surface area contributed by atoms with Crippen molar-refractivity contribution in [3.8, 4) is 0 Å². The quantitative estimate of drug-likeness (QED) is 0.204. The number of rotatable bonds is 0. The van der Waals surface area contributed by atoms with Gasteiger partial charge in [0, 0.05) is 120 Å². The molecule has 40 heavy (non-hydrogen) atoms. The van der Waals surface area contributed by atoms with Gasteiger partial charge in [-0.2, -0.15) is 0 Å². The molecule has 0 aromatic carbocycles. The van der Waals surface area contributed by atoms with E-state index < -0.39 is 82.5 Å². The fourth-order valence-corrected chi connectivity index (χ4v) is 0. The molecule has 2 radical (unpaired) electrons. The van der Waals surface area contributed by atoms with Gasteiger partial charge in [0.2, 0.25) is 0 Å². The Labute approximate surface area is 287 Å². The largest absolute Gasteiger partial charge is 4.00 e. The van der Waals surface area contributed by atoms with Crippen LogP contribution in [0.4, 0.5) is 0 Å². The third kappa shape index (κ3) is 67100. The molecule has 0 amide bonds. The molecule has 0 heterocycles. The second-order valence-electron chi connectivity index (χ2n) is 2.25. The molecule has 0 unspecified atom stereocenters. The predicted octanol–water partition coefficient (Wildman–Crippen LogP) is -25.9. The first-order valence-corrected chi connectivity index (χ1v) is 16.5. The Hall–Kier alpha value is -0.851. The summed E-state index contributed by atoms with van der Waals surface area (Å²) >= 11 is 0. The Kier molecular flexibility index (Phi) is 160. The van der Waals surface area contributed by atoms with Gasteiger partial charge < -0.3 is 126 Å². The summed E-state index contributed by atoms with van der Waals surface area (Å²) in [5.74, 6) is 0. The van der Waals surface area contributed by atoms with E-state index in [1.807, 2.05) is 0 Å². The Morgan fingerprint density at radius 2 is 0.200 bits per heavy atom. The van der Waals surface area contributed by atoms with Gasteiger partial charge in [0.05, 0.1) is 0 Å². The van der Waals surface area contributed by atoms with Crippen LogP contribution >= 0.6 is 0 Å². The van der Waals surface area contributed by atoms with Crippen molar-refractivity contribution in [2.75, 3.05) is 0 Å². The molecule has 0 aliphatic rings. The second-order valence-corrected chi connectivity index (χ2v) is 6.75.